The van der Waals surface area contributed by atoms with Gasteiger partial charge in [-0.3, -0.25) is 9.48 Å². The van der Waals surface area contributed by atoms with Gasteiger partial charge in [0.1, 0.15) is 0 Å². The number of nitrogens with zero attached hydrogens (tertiary/aromatic N) is 2. The van der Waals surface area contributed by atoms with E-state index in [1.807, 2.05) is 7.11 Å². The molecule has 1 heterocycles. The molecule has 5 heteroatoms. The van der Waals surface area contributed by atoms with Gasteiger partial charge in [0.2, 0.25) is 0 Å². The van der Waals surface area contributed by atoms with Crippen LogP contribution in [-0.2, 0) is 16.1 Å². The number of aromatic nitrogens is 2. The number of halogens is 1. The van der Waals surface area contributed by atoms with Gasteiger partial charge < -0.3 is 4.74 Å². The summed E-state index contributed by atoms with van der Waals surface area (Å²) < 4.78 is 7.22. The van der Waals surface area contributed by atoms with Gasteiger partial charge in [-0.1, -0.05) is 25.4 Å². The van der Waals surface area contributed by atoms with Crippen molar-refractivity contribution in [3.05, 3.63) is 17.4 Å². The highest BCUT2D eigenvalue weighted by atomic mass is 35.5. The van der Waals surface area contributed by atoms with Gasteiger partial charge in [0, 0.05) is 25.8 Å². The molecule has 1 aromatic rings. The summed E-state index contributed by atoms with van der Waals surface area (Å²) in [5.74, 6) is 4.57. The number of hydrogen-bond acceptors (Lipinski definition) is 3. The van der Waals surface area contributed by atoms with E-state index in [-0.39, 0.29) is 11.3 Å². The molecule has 4 fully saturated rings. The standard InChI is InChI=1S/C26H39ClN2O2/c1-25-10-8-17(16-31-3)12-18(25)4-5-20-21-6-7-23(26(21,2)11-9-22(20)25)24(30)15-29-14-19(27)13-28-29/h13-14,17-18,20-23H,4-12,15-16H2,1-3H3. The number of carbonyl (C=O) groups excluding carboxylic acids is 1. The van der Waals surface area contributed by atoms with E-state index in [1.165, 1.54) is 51.4 Å². The molecule has 4 aliphatic rings. The maximum Gasteiger partial charge on any atom is 0.157 e. The number of carbonyl (C=O) groups is 1. The van der Waals surface area contributed by atoms with Crippen LogP contribution in [0.4, 0.5) is 0 Å². The van der Waals surface area contributed by atoms with Gasteiger partial charge in [0.15, 0.2) is 5.78 Å². The van der Waals surface area contributed by atoms with Crippen molar-refractivity contribution in [2.45, 2.75) is 78.2 Å². The Balaban J connectivity index is 1.31. The molecule has 4 saturated carbocycles. The van der Waals surface area contributed by atoms with Crippen molar-refractivity contribution >= 4 is 17.4 Å². The van der Waals surface area contributed by atoms with Gasteiger partial charge in [-0.15, -0.1) is 0 Å². The van der Waals surface area contributed by atoms with Crippen molar-refractivity contribution in [1.82, 2.24) is 9.78 Å². The van der Waals surface area contributed by atoms with E-state index >= 15 is 0 Å². The van der Waals surface area contributed by atoms with E-state index in [2.05, 4.69) is 18.9 Å². The highest BCUT2D eigenvalue weighted by Gasteiger charge is 2.61. The molecule has 4 nitrogen and oxygen atoms in total. The zero-order chi connectivity index (χ0) is 21.8. The smallest absolute Gasteiger partial charge is 0.157 e. The van der Waals surface area contributed by atoms with Gasteiger partial charge in [-0.25, -0.2) is 0 Å². The number of methoxy groups -OCH3 is 1. The SMILES string of the molecule is COCC1CCC2(C)C(CCC3C2CCC2(C)C(C(=O)Cn4cc(Cl)cn4)CCC32)C1. The van der Waals surface area contributed by atoms with E-state index in [1.54, 1.807) is 17.1 Å². The lowest BCUT2D eigenvalue weighted by Gasteiger charge is -2.61. The lowest BCUT2D eigenvalue weighted by Crippen LogP contribution is -2.54. The topological polar surface area (TPSA) is 44.1 Å². The predicted octanol–water partition coefficient (Wildman–Crippen LogP) is 6.03. The maximum absolute atomic E-state index is 13.3. The minimum absolute atomic E-state index is 0.172. The molecule has 4 aliphatic carbocycles. The largest absolute Gasteiger partial charge is 0.384 e. The van der Waals surface area contributed by atoms with Crippen LogP contribution in [0.15, 0.2) is 12.4 Å². The average Bonchev–Trinajstić information content (AvgIpc) is 3.30. The molecule has 31 heavy (non-hydrogen) atoms. The van der Waals surface area contributed by atoms with Gasteiger partial charge in [0.05, 0.1) is 17.8 Å². The number of hydrogen-bond donors (Lipinski definition) is 0. The average molecular weight is 447 g/mol. The fourth-order valence-electron chi connectivity index (χ4n) is 8.96. The van der Waals surface area contributed by atoms with Crippen LogP contribution >= 0.6 is 11.6 Å². The van der Waals surface area contributed by atoms with Crippen LogP contribution in [0, 0.1) is 46.3 Å². The van der Waals surface area contributed by atoms with Gasteiger partial charge in [-0.05, 0) is 98.2 Å². The van der Waals surface area contributed by atoms with E-state index in [0.717, 1.165) is 42.6 Å². The highest BCUT2D eigenvalue weighted by Crippen LogP contribution is 2.67. The molecule has 5 rings (SSSR count). The zero-order valence-electron chi connectivity index (χ0n) is 19.5. The molecule has 0 aromatic carbocycles. The minimum atomic E-state index is 0.172. The second-order valence-electron chi connectivity index (χ2n) is 11.7. The Morgan fingerprint density at radius 1 is 1.13 bits per heavy atom. The molecule has 0 radical (unpaired) electrons. The summed E-state index contributed by atoms with van der Waals surface area (Å²) >= 11 is 6.01. The summed E-state index contributed by atoms with van der Waals surface area (Å²) in [6.45, 7) is 6.38. The van der Waals surface area contributed by atoms with Crippen molar-refractivity contribution in [3.8, 4) is 0 Å². The van der Waals surface area contributed by atoms with Crippen LogP contribution in [0.1, 0.15) is 71.6 Å². The highest BCUT2D eigenvalue weighted by molar-refractivity contribution is 6.30. The normalized spacial score (nSPS) is 44.4. The Morgan fingerprint density at radius 2 is 1.90 bits per heavy atom. The zero-order valence-corrected chi connectivity index (χ0v) is 20.2. The molecule has 8 unspecified atom stereocenters. The minimum Gasteiger partial charge on any atom is -0.384 e. The summed E-state index contributed by atoms with van der Waals surface area (Å²) in [7, 11) is 1.85. The molecule has 0 N–H and O–H groups in total. The lowest BCUT2D eigenvalue weighted by atomic mass is 9.44. The summed E-state index contributed by atoms with van der Waals surface area (Å²) in [4.78, 5) is 13.3. The molecular weight excluding hydrogens is 408 g/mol. The number of ketones is 1. The monoisotopic (exact) mass is 446 g/mol. The molecule has 172 valence electrons. The molecule has 8 atom stereocenters. The first-order chi connectivity index (χ1) is 14.8. The Bertz CT molecular complexity index is 824. The van der Waals surface area contributed by atoms with Crippen LogP contribution in [-0.4, -0.2) is 29.3 Å². The third-order valence-corrected chi connectivity index (χ3v) is 10.7. The summed E-state index contributed by atoms with van der Waals surface area (Å²) in [6, 6.07) is 0. The Kier molecular flexibility index (Phi) is 5.78. The van der Waals surface area contributed by atoms with Crippen molar-refractivity contribution in [1.29, 1.82) is 0 Å². The molecule has 1 aromatic heterocycles. The van der Waals surface area contributed by atoms with Gasteiger partial charge in [0.25, 0.3) is 0 Å². The van der Waals surface area contributed by atoms with Crippen LogP contribution in [0.2, 0.25) is 5.02 Å². The Labute approximate surface area is 192 Å². The fourth-order valence-corrected chi connectivity index (χ4v) is 9.11. The second-order valence-corrected chi connectivity index (χ2v) is 12.2. The van der Waals surface area contributed by atoms with Crippen LogP contribution in [0.5, 0.6) is 0 Å². The first-order valence-electron chi connectivity index (χ1n) is 12.5. The lowest BCUT2D eigenvalue weighted by molar-refractivity contribution is -0.138. The number of Topliss-reactive ketones (excluding diaryl/α,β-unsaturated/α-hetero) is 1. The third-order valence-electron chi connectivity index (χ3n) is 10.5. The van der Waals surface area contributed by atoms with Crippen molar-refractivity contribution < 1.29 is 9.53 Å². The molecule has 0 spiro atoms. The molecule has 0 amide bonds. The van der Waals surface area contributed by atoms with Crippen LogP contribution in [0.3, 0.4) is 0 Å². The van der Waals surface area contributed by atoms with Crippen LogP contribution in [0.25, 0.3) is 0 Å². The van der Waals surface area contributed by atoms with E-state index in [9.17, 15) is 4.79 Å². The first kappa shape index (κ1) is 21.9. The number of rotatable bonds is 5. The first-order valence-corrected chi connectivity index (χ1v) is 12.9. The Hall–Kier alpha value is -0.870. The quantitative estimate of drug-likeness (QED) is 0.554. The molecule has 0 saturated heterocycles. The van der Waals surface area contributed by atoms with Crippen LogP contribution < -0.4 is 0 Å². The summed E-state index contributed by atoms with van der Waals surface area (Å²) in [5.41, 5.74) is 0.675. The van der Waals surface area contributed by atoms with Crippen molar-refractivity contribution in [2.75, 3.05) is 13.7 Å². The summed E-state index contributed by atoms with van der Waals surface area (Å²) in [5, 5.41) is 4.85. The molecule has 0 aliphatic heterocycles. The Morgan fingerprint density at radius 3 is 2.65 bits per heavy atom. The summed E-state index contributed by atoms with van der Waals surface area (Å²) in [6.07, 6.45) is 15.1. The van der Waals surface area contributed by atoms with Gasteiger partial charge >= 0.3 is 0 Å². The fraction of sp³-hybridized carbons (Fsp3) is 0.846. The molecule has 0 bridgehead atoms. The van der Waals surface area contributed by atoms with E-state index < -0.39 is 0 Å². The molecular formula is C26H39ClN2O2. The maximum atomic E-state index is 13.3. The third kappa shape index (κ3) is 3.60. The number of fused-ring (bicyclic) bond motifs is 5. The van der Waals surface area contributed by atoms with Crippen molar-refractivity contribution in [3.63, 3.8) is 0 Å². The van der Waals surface area contributed by atoms with Crippen molar-refractivity contribution in [2.24, 2.45) is 46.3 Å². The van der Waals surface area contributed by atoms with Gasteiger partial charge in [-0.2, -0.15) is 5.10 Å². The predicted molar refractivity (Wildman–Crippen MR) is 123 cm³/mol. The number of ether oxygens (including phenoxy) is 1. The van der Waals surface area contributed by atoms with E-state index in [4.69, 9.17) is 16.3 Å². The second kappa shape index (κ2) is 8.17. The van der Waals surface area contributed by atoms with E-state index in [0.29, 0.717) is 22.8 Å².